The lowest BCUT2D eigenvalue weighted by molar-refractivity contribution is 0.0301. The quantitative estimate of drug-likeness (QED) is 0.310. The average molecular weight is 301 g/mol. The van der Waals surface area contributed by atoms with Gasteiger partial charge in [-0.05, 0) is 31.6 Å². The molecule has 0 heterocycles. The molecule has 21 heavy (non-hydrogen) atoms. The van der Waals surface area contributed by atoms with E-state index in [0.717, 1.165) is 31.4 Å². The Labute approximate surface area is 130 Å². The van der Waals surface area contributed by atoms with E-state index in [1.165, 1.54) is 6.42 Å². The van der Waals surface area contributed by atoms with Crippen molar-refractivity contribution >= 4 is 5.96 Å². The molecule has 0 aromatic carbocycles. The Morgan fingerprint density at radius 2 is 1.81 bits per heavy atom. The molecule has 5 heteroatoms. The summed E-state index contributed by atoms with van der Waals surface area (Å²) < 4.78 is 5.41. The van der Waals surface area contributed by atoms with Crippen LogP contribution < -0.4 is 10.6 Å². The van der Waals surface area contributed by atoms with Gasteiger partial charge in [0.15, 0.2) is 5.96 Å². The first-order chi connectivity index (χ1) is 9.95. The predicted octanol–water partition coefficient (Wildman–Crippen LogP) is 2.01. The van der Waals surface area contributed by atoms with Gasteiger partial charge >= 0.3 is 0 Å². The molecule has 0 fully saturated rings. The maximum absolute atomic E-state index is 9.84. The van der Waals surface area contributed by atoms with Crippen molar-refractivity contribution in [1.29, 1.82) is 0 Å². The van der Waals surface area contributed by atoms with Crippen LogP contribution in [0.3, 0.4) is 0 Å². The first kappa shape index (κ1) is 20.2. The van der Waals surface area contributed by atoms with Crippen LogP contribution in [-0.2, 0) is 4.74 Å². The Kier molecular flexibility index (Phi) is 12.4. The highest BCUT2D eigenvalue weighted by Crippen LogP contribution is 2.01. The Hall–Kier alpha value is -0.810. The van der Waals surface area contributed by atoms with E-state index in [9.17, 15) is 5.11 Å². The van der Waals surface area contributed by atoms with Crippen LogP contribution in [0.2, 0.25) is 0 Å². The van der Waals surface area contributed by atoms with Gasteiger partial charge in [-0.2, -0.15) is 0 Å². The van der Waals surface area contributed by atoms with Gasteiger partial charge in [-0.1, -0.05) is 27.7 Å². The van der Waals surface area contributed by atoms with Crippen LogP contribution >= 0.6 is 0 Å². The van der Waals surface area contributed by atoms with Crippen LogP contribution in [0.5, 0.6) is 0 Å². The summed E-state index contributed by atoms with van der Waals surface area (Å²) in [7, 11) is 0. The van der Waals surface area contributed by atoms with Crippen LogP contribution in [0, 0.1) is 11.8 Å². The Morgan fingerprint density at radius 3 is 2.38 bits per heavy atom. The SMILES string of the molecule is CCNC(=NCC(O)COCC(C)C)NCCCC(C)C. The van der Waals surface area contributed by atoms with Crippen LogP contribution in [0.1, 0.15) is 47.5 Å². The Morgan fingerprint density at radius 1 is 1.10 bits per heavy atom. The van der Waals surface area contributed by atoms with E-state index in [1.54, 1.807) is 0 Å². The molecule has 3 N–H and O–H groups in total. The van der Waals surface area contributed by atoms with Gasteiger partial charge in [-0.15, -0.1) is 0 Å². The van der Waals surface area contributed by atoms with E-state index in [4.69, 9.17) is 4.74 Å². The zero-order chi connectivity index (χ0) is 16.1. The lowest BCUT2D eigenvalue weighted by atomic mass is 10.1. The third kappa shape index (κ3) is 13.9. The van der Waals surface area contributed by atoms with Gasteiger partial charge in [0.1, 0.15) is 0 Å². The van der Waals surface area contributed by atoms with Gasteiger partial charge in [-0.25, -0.2) is 0 Å². The molecule has 0 spiro atoms. The second-order valence-electron chi connectivity index (χ2n) is 6.27. The van der Waals surface area contributed by atoms with E-state index < -0.39 is 6.10 Å². The topological polar surface area (TPSA) is 65.9 Å². The van der Waals surface area contributed by atoms with Gasteiger partial charge in [0.2, 0.25) is 0 Å². The summed E-state index contributed by atoms with van der Waals surface area (Å²) in [6.45, 7) is 13.8. The molecule has 0 aromatic rings. The minimum Gasteiger partial charge on any atom is -0.389 e. The van der Waals surface area contributed by atoms with Gasteiger partial charge in [-0.3, -0.25) is 4.99 Å². The number of hydrogen-bond donors (Lipinski definition) is 3. The third-order valence-corrected chi connectivity index (χ3v) is 2.82. The highest BCUT2D eigenvalue weighted by Gasteiger charge is 2.05. The molecule has 1 atom stereocenters. The fourth-order valence-corrected chi connectivity index (χ4v) is 1.75. The molecule has 0 saturated heterocycles. The van der Waals surface area contributed by atoms with Gasteiger partial charge in [0.05, 0.1) is 19.3 Å². The van der Waals surface area contributed by atoms with Crippen molar-refractivity contribution in [2.75, 3.05) is 32.8 Å². The van der Waals surface area contributed by atoms with Crippen molar-refractivity contribution in [1.82, 2.24) is 10.6 Å². The molecule has 0 aromatic heterocycles. The van der Waals surface area contributed by atoms with Gasteiger partial charge in [0.25, 0.3) is 0 Å². The highest BCUT2D eigenvalue weighted by atomic mass is 16.5. The molecular weight excluding hydrogens is 266 g/mol. The third-order valence-electron chi connectivity index (χ3n) is 2.82. The summed E-state index contributed by atoms with van der Waals surface area (Å²) in [5.41, 5.74) is 0. The lowest BCUT2D eigenvalue weighted by Gasteiger charge is -2.14. The average Bonchev–Trinajstić information content (AvgIpc) is 2.40. The van der Waals surface area contributed by atoms with Crippen molar-refractivity contribution in [2.45, 2.75) is 53.6 Å². The van der Waals surface area contributed by atoms with Crippen molar-refractivity contribution in [3.8, 4) is 0 Å². The number of rotatable bonds is 11. The minimum atomic E-state index is -0.546. The van der Waals surface area contributed by atoms with Crippen LogP contribution in [0.15, 0.2) is 4.99 Å². The fourth-order valence-electron chi connectivity index (χ4n) is 1.75. The number of ether oxygens (including phenoxy) is 1. The normalized spacial score (nSPS) is 13.8. The molecular formula is C16H35N3O2. The molecule has 0 aliphatic heterocycles. The fraction of sp³-hybridized carbons (Fsp3) is 0.938. The van der Waals surface area contributed by atoms with E-state index in [-0.39, 0.29) is 0 Å². The highest BCUT2D eigenvalue weighted by molar-refractivity contribution is 5.79. The largest absolute Gasteiger partial charge is 0.389 e. The second kappa shape index (κ2) is 12.9. The molecule has 0 bridgehead atoms. The van der Waals surface area contributed by atoms with Crippen molar-refractivity contribution in [3.05, 3.63) is 0 Å². The number of aliphatic imine (C=N–C) groups is 1. The zero-order valence-corrected chi connectivity index (χ0v) is 14.5. The van der Waals surface area contributed by atoms with Crippen LogP contribution in [-0.4, -0.2) is 50.0 Å². The molecule has 1 unspecified atom stereocenters. The van der Waals surface area contributed by atoms with Crippen molar-refractivity contribution in [3.63, 3.8) is 0 Å². The molecule has 0 saturated carbocycles. The number of guanidine groups is 1. The first-order valence-electron chi connectivity index (χ1n) is 8.23. The van der Waals surface area contributed by atoms with E-state index in [2.05, 4.69) is 43.3 Å². The van der Waals surface area contributed by atoms with E-state index in [1.807, 2.05) is 6.92 Å². The summed E-state index contributed by atoms with van der Waals surface area (Å²) in [4.78, 5) is 4.39. The van der Waals surface area contributed by atoms with Gasteiger partial charge in [0, 0.05) is 19.7 Å². The maximum Gasteiger partial charge on any atom is 0.191 e. The summed E-state index contributed by atoms with van der Waals surface area (Å²) in [5.74, 6) is 1.98. The van der Waals surface area contributed by atoms with Crippen LogP contribution in [0.4, 0.5) is 0 Å². The number of aliphatic hydroxyl groups is 1. The molecule has 0 radical (unpaired) electrons. The molecule has 0 amide bonds. The summed E-state index contributed by atoms with van der Waals surface area (Å²) in [5, 5.41) is 16.3. The number of nitrogens with zero attached hydrogens (tertiary/aromatic N) is 1. The van der Waals surface area contributed by atoms with Gasteiger partial charge < -0.3 is 20.5 Å². The van der Waals surface area contributed by atoms with Crippen molar-refractivity contribution in [2.24, 2.45) is 16.8 Å². The predicted molar refractivity (Wildman–Crippen MR) is 89.7 cm³/mol. The van der Waals surface area contributed by atoms with Crippen LogP contribution in [0.25, 0.3) is 0 Å². The van der Waals surface area contributed by atoms with Crippen molar-refractivity contribution < 1.29 is 9.84 Å². The Balaban J connectivity index is 3.96. The standard InChI is InChI=1S/C16H35N3O2/c1-6-17-16(18-9-7-8-13(2)3)19-10-15(20)12-21-11-14(4)5/h13-15,20H,6-12H2,1-5H3,(H2,17,18,19). The second-order valence-corrected chi connectivity index (χ2v) is 6.27. The number of aliphatic hydroxyl groups excluding tert-OH is 1. The molecule has 5 nitrogen and oxygen atoms in total. The zero-order valence-electron chi connectivity index (χ0n) is 14.5. The molecule has 0 aliphatic rings. The molecule has 0 aliphatic carbocycles. The van der Waals surface area contributed by atoms with E-state index in [0.29, 0.717) is 25.7 Å². The first-order valence-corrected chi connectivity index (χ1v) is 8.23. The molecule has 0 rings (SSSR count). The lowest BCUT2D eigenvalue weighted by Crippen LogP contribution is -2.38. The Bertz CT molecular complexity index is 268. The van der Waals surface area contributed by atoms with E-state index >= 15 is 0 Å². The smallest absolute Gasteiger partial charge is 0.191 e. The minimum absolute atomic E-state index is 0.342. The summed E-state index contributed by atoms with van der Waals surface area (Å²) >= 11 is 0. The summed E-state index contributed by atoms with van der Waals surface area (Å²) in [6.07, 6.45) is 1.79. The molecule has 126 valence electrons. The summed E-state index contributed by atoms with van der Waals surface area (Å²) in [6, 6.07) is 0. The number of hydrogen-bond acceptors (Lipinski definition) is 3. The monoisotopic (exact) mass is 301 g/mol. The maximum atomic E-state index is 9.84. The number of nitrogens with one attached hydrogen (secondary N) is 2.